The minimum atomic E-state index is -0.964. The van der Waals surface area contributed by atoms with Crippen molar-refractivity contribution >= 4 is 5.69 Å². The summed E-state index contributed by atoms with van der Waals surface area (Å²) in [6.45, 7) is -0.0575. The van der Waals surface area contributed by atoms with Gasteiger partial charge in [-0.2, -0.15) is 0 Å². The van der Waals surface area contributed by atoms with Crippen LogP contribution in [0.2, 0.25) is 0 Å². The SMILES string of the molecule is Nc1ccc(OCc2ccc(F)c(F)c2)c(F)c1. The van der Waals surface area contributed by atoms with Gasteiger partial charge in [0, 0.05) is 11.8 Å². The van der Waals surface area contributed by atoms with E-state index in [0.717, 1.165) is 18.2 Å². The lowest BCUT2D eigenvalue weighted by atomic mass is 10.2. The zero-order chi connectivity index (χ0) is 13.1. The molecule has 2 nitrogen and oxygen atoms in total. The van der Waals surface area contributed by atoms with Crippen molar-refractivity contribution in [2.24, 2.45) is 0 Å². The van der Waals surface area contributed by atoms with Gasteiger partial charge in [-0.25, -0.2) is 13.2 Å². The molecule has 0 fully saturated rings. The molecule has 94 valence electrons. The molecule has 0 unspecified atom stereocenters. The molecule has 0 spiro atoms. The largest absolute Gasteiger partial charge is 0.486 e. The van der Waals surface area contributed by atoms with Gasteiger partial charge in [-0.1, -0.05) is 6.07 Å². The van der Waals surface area contributed by atoms with Gasteiger partial charge in [-0.05, 0) is 29.8 Å². The van der Waals surface area contributed by atoms with Crippen molar-refractivity contribution in [3.05, 3.63) is 59.4 Å². The highest BCUT2D eigenvalue weighted by Gasteiger charge is 2.06. The number of hydrogen-bond donors (Lipinski definition) is 1. The maximum absolute atomic E-state index is 13.4. The molecule has 0 aliphatic carbocycles. The third-order valence-electron chi connectivity index (χ3n) is 2.33. The van der Waals surface area contributed by atoms with Gasteiger partial charge in [0.2, 0.25) is 0 Å². The number of halogens is 3. The molecule has 2 N–H and O–H groups in total. The Morgan fingerprint density at radius 3 is 2.33 bits per heavy atom. The van der Waals surface area contributed by atoms with Crippen LogP contribution in [0.4, 0.5) is 18.9 Å². The van der Waals surface area contributed by atoms with Crippen LogP contribution >= 0.6 is 0 Å². The molecule has 0 saturated heterocycles. The third-order valence-corrected chi connectivity index (χ3v) is 2.33. The summed E-state index contributed by atoms with van der Waals surface area (Å²) in [4.78, 5) is 0. The lowest BCUT2D eigenvalue weighted by molar-refractivity contribution is 0.289. The fourth-order valence-electron chi connectivity index (χ4n) is 1.42. The van der Waals surface area contributed by atoms with Crippen LogP contribution in [0.3, 0.4) is 0 Å². The molecule has 0 saturated carbocycles. The monoisotopic (exact) mass is 253 g/mol. The fourth-order valence-corrected chi connectivity index (χ4v) is 1.42. The van der Waals surface area contributed by atoms with Crippen molar-refractivity contribution in [2.45, 2.75) is 6.61 Å². The van der Waals surface area contributed by atoms with E-state index < -0.39 is 17.5 Å². The van der Waals surface area contributed by atoms with E-state index in [-0.39, 0.29) is 18.0 Å². The lowest BCUT2D eigenvalue weighted by Crippen LogP contribution is -1.99. The average Bonchev–Trinajstić information content (AvgIpc) is 2.32. The predicted octanol–water partition coefficient (Wildman–Crippen LogP) is 3.27. The van der Waals surface area contributed by atoms with E-state index in [0.29, 0.717) is 5.56 Å². The number of benzene rings is 2. The van der Waals surface area contributed by atoms with Crippen molar-refractivity contribution in [3.8, 4) is 5.75 Å². The summed E-state index contributed by atoms with van der Waals surface area (Å²) in [7, 11) is 0. The van der Waals surface area contributed by atoms with Crippen LogP contribution in [-0.4, -0.2) is 0 Å². The Morgan fingerprint density at radius 2 is 1.67 bits per heavy atom. The lowest BCUT2D eigenvalue weighted by Gasteiger charge is -2.08. The fraction of sp³-hybridized carbons (Fsp3) is 0.0769. The zero-order valence-electron chi connectivity index (χ0n) is 9.29. The number of rotatable bonds is 3. The molecule has 0 bridgehead atoms. The Labute approximate surface area is 102 Å². The molecule has 2 aromatic rings. The molecule has 2 aromatic carbocycles. The van der Waals surface area contributed by atoms with Crippen LogP contribution in [0, 0.1) is 17.5 Å². The Morgan fingerprint density at radius 1 is 0.889 bits per heavy atom. The molecule has 0 radical (unpaired) electrons. The maximum Gasteiger partial charge on any atom is 0.167 e. The Balaban J connectivity index is 2.09. The van der Waals surface area contributed by atoms with Crippen molar-refractivity contribution in [1.82, 2.24) is 0 Å². The molecule has 2 rings (SSSR count). The van der Waals surface area contributed by atoms with Crippen molar-refractivity contribution in [3.63, 3.8) is 0 Å². The minimum absolute atomic E-state index is 0.00827. The molecule has 0 aliphatic heterocycles. The number of nitrogen functional groups attached to an aromatic ring is 1. The van der Waals surface area contributed by atoms with E-state index in [1.807, 2.05) is 0 Å². The van der Waals surface area contributed by atoms with Crippen molar-refractivity contribution < 1.29 is 17.9 Å². The molecule has 0 amide bonds. The number of ether oxygens (including phenoxy) is 1. The van der Waals surface area contributed by atoms with Gasteiger partial charge >= 0.3 is 0 Å². The number of hydrogen-bond acceptors (Lipinski definition) is 2. The number of anilines is 1. The molecule has 18 heavy (non-hydrogen) atoms. The summed E-state index contributed by atoms with van der Waals surface area (Å²) in [5, 5.41) is 0. The van der Waals surface area contributed by atoms with Crippen LogP contribution in [0.25, 0.3) is 0 Å². The topological polar surface area (TPSA) is 35.2 Å². The van der Waals surface area contributed by atoms with Crippen LogP contribution in [0.5, 0.6) is 5.75 Å². The summed E-state index contributed by atoms with van der Waals surface area (Å²) >= 11 is 0. The molecule has 5 heteroatoms. The quantitative estimate of drug-likeness (QED) is 0.852. The summed E-state index contributed by atoms with van der Waals surface area (Å²) in [5.74, 6) is -2.49. The Kier molecular flexibility index (Phi) is 3.41. The average molecular weight is 253 g/mol. The highest BCUT2D eigenvalue weighted by atomic mass is 19.2. The van der Waals surface area contributed by atoms with Crippen LogP contribution in [-0.2, 0) is 6.61 Å². The Hall–Kier alpha value is -2.17. The second-order valence-electron chi connectivity index (χ2n) is 3.73. The molecular weight excluding hydrogens is 243 g/mol. The second-order valence-corrected chi connectivity index (χ2v) is 3.73. The zero-order valence-corrected chi connectivity index (χ0v) is 9.29. The number of nitrogens with two attached hydrogens (primary N) is 1. The normalized spacial score (nSPS) is 10.4. The molecule has 0 atom stereocenters. The standard InChI is InChI=1S/C13H10F3NO/c14-10-3-1-8(5-11(10)15)7-18-13-4-2-9(17)6-12(13)16/h1-6H,7,17H2. The first kappa shape index (κ1) is 12.3. The van der Waals surface area contributed by atoms with E-state index in [9.17, 15) is 13.2 Å². The van der Waals surface area contributed by atoms with Gasteiger partial charge in [0.15, 0.2) is 23.2 Å². The van der Waals surface area contributed by atoms with Gasteiger partial charge in [-0.3, -0.25) is 0 Å². The van der Waals surface area contributed by atoms with Gasteiger partial charge in [0.05, 0.1) is 0 Å². The van der Waals surface area contributed by atoms with Crippen LogP contribution in [0.1, 0.15) is 5.56 Å². The van der Waals surface area contributed by atoms with E-state index in [1.165, 1.54) is 18.2 Å². The predicted molar refractivity (Wildman–Crippen MR) is 61.5 cm³/mol. The maximum atomic E-state index is 13.4. The first-order valence-corrected chi connectivity index (χ1v) is 5.18. The first-order chi connectivity index (χ1) is 8.56. The summed E-state index contributed by atoms with van der Waals surface area (Å²) in [6.07, 6.45) is 0. The van der Waals surface area contributed by atoms with Crippen molar-refractivity contribution in [2.75, 3.05) is 5.73 Å². The van der Waals surface area contributed by atoms with Gasteiger partial charge < -0.3 is 10.5 Å². The Bertz CT molecular complexity index is 572. The van der Waals surface area contributed by atoms with Gasteiger partial charge in [-0.15, -0.1) is 0 Å². The summed E-state index contributed by atoms with van der Waals surface area (Å²) in [6, 6.07) is 7.36. The molecule has 0 heterocycles. The van der Waals surface area contributed by atoms with Crippen LogP contribution < -0.4 is 10.5 Å². The first-order valence-electron chi connectivity index (χ1n) is 5.18. The van der Waals surface area contributed by atoms with E-state index in [4.69, 9.17) is 10.5 Å². The van der Waals surface area contributed by atoms with Gasteiger partial charge in [0.25, 0.3) is 0 Å². The van der Waals surface area contributed by atoms with Crippen molar-refractivity contribution in [1.29, 1.82) is 0 Å². The van der Waals surface area contributed by atoms with E-state index in [2.05, 4.69) is 0 Å². The molecule has 0 aliphatic rings. The molecule has 0 aromatic heterocycles. The van der Waals surface area contributed by atoms with Gasteiger partial charge in [0.1, 0.15) is 6.61 Å². The summed E-state index contributed by atoms with van der Waals surface area (Å²) in [5.41, 5.74) is 6.08. The summed E-state index contributed by atoms with van der Waals surface area (Å²) < 4.78 is 44.1. The highest BCUT2D eigenvalue weighted by molar-refractivity contribution is 5.42. The second kappa shape index (κ2) is 5.00. The minimum Gasteiger partial charge on any atom is -0.486 e. The smallest absolute Gasteiger partial charge is 0.167 e. The third kappa shape index (κ3) is 2.74. The molecular formula is C13H10F3NO. The van der Waals surface area contributed by atoms with Crippen LogP contribution in [0.15, 0.2) is 36.4 Å². The highest BCUT2D eigenvalue weighted by Crippen LogP contribution is 2.20. The van der Waals surface area contributed by atoms with E-state index >= 15 is 0 Å². The van der Waals surface area contributed by atoms with E-state index in [1.54, 1.807) is 0 Å².